The van der Waals surface area contributed by atoms with Crippen LogP contribution in [0.25, 0.3) is 27.5 Å². The number of aromatic nitrogens is 3. The second-order valence-electron chi connectivity index (χ2n) is 5.95. The molecule has 0 unspecified atom stereocenters. The summed E-state index contributed by atoms with van der Waals surface area (Å²) in [4.78, 5) is 30.1. The quantitative estimate of drug-likeness (QED) is 0.535. The minimum absolute atomic E-state index is 0.143. The van der Waals surface area contributed by atoms with Gasteiger partial charge in [-0.15, -0.1) is 0 Å². The number of methoxy groups -OCH3 is 1. The second kappa shape index (κ2) is 6.15. The minimum atomic E-state index is -0.226. The zero-order valence-electron chi connectivity index (χ0n) is 14.5. The molecule has 26 heavy (non-hydrogen) atoms. The van der Waals surface area contributed by atoms with E-state index in [4.69, 9.17) is 4.74 Å². The molecule has 0 aliphatic carbocycles. The van der Waals surface area contributed by atoms with Crippen LogP contribution in [0.3, 0.4) is 0 Å². The smallest absolute Gasteiger partial charge is 0.264 e. The summed E-state index contributed by atoms with van der Waals surface area (Å²) in [6.07, 6.45) is 3.41. The lowest BCUT2D eigenvalue weighted by Crippen LogP contribution is -2.21. The van der Waals surface area contributed by atoms with Crippen molar-refractivity contribution in [1.29, 1.82) is 0 Å². The van der Waals surface area contributed by atoms with Gasteiger partial charge in [-0.2, -0.15) is 0 Å². The van der Waals surface area contributed by atoms with Crippen molar-refractivity contribution in [3.63, 3.8) is 0 Å². The average Bonchev–Trinajstić information content (AvgIpc) is 2.68. The Labute approximate surface area is 148 Å². The maximum absolute atomic E-state index is 13.0. The molecule has 6 nitrogen and oxygen atoms in total. The van der Waals surface area contributed by atoms with Gasteiger partial charge in [-0.1, -0.05) is 6.07 Å². The molecule has 0 aliphatic heterocycles. The molecular formula is C20H17N3O3. The van der Waals surface area contributed by atoms with Gasteiger partial charge in [0.15, 0.2) is 0 Å². The van der Waals surface area contributed by atoms with Gasteiger partial charge in [-0.05, 0) is 37.3 Å². The minimum Gasteiger partial charge on any atom is -0.497 e. The normalized spacial score (nSPS) is 11.2. The van der Waals surface area contributed by atoms with Crippen LogP contribution in [0.1, 0.15) is 6.92 Å². The standard InChI is InChI=1S/C20H17N3O3/c1-3-22-9-7-17-15(19(22)24)12-16-18(21-17)8-10-23(20(16)25)13-5-4-6-14(11-13)26-2/h4-12H,3H2,1-2H3. The fraction of sp³-hybridized carbons (Fsp3) is 0.150. The molecule has 0 saturated heterocycles. The molecule has 1 aromatic carbocycles. The molecule has 0 spiro atoms. The zero-order chi connectivity index (χ0) is 18.3. The molecule has 6 heteroatoms. The van der Waals surface area contributed by atoms with E-state index < -0.39 is 0 Å². The van der Waals surface area contributed by atoms with E-state index >= 15 is 0 Å². The second-order valence-corrected chi connectivity index (χ2v) is 5.95. The van der Waals surface area contributed by atoms with Crippen molar-refractivity contribution in [1.82, 2.24) is 14.1 Å². The molecule has 4 aromatic rings. The first-order valence-electron chi connectivity index (χ1n) is 8.32. The van der Waals surface area contributed by atoms with Crippen molar-refractivity contribution >= 4 is 21.8 Å². The van der Waals surface area contributed by atoms with E-state index in [1.165, 1.54) is 4.57 Å². The molecule has 130 valence electrons. The first-order chi connectivity index (χ1) is 12.6. The van der Waals surface area contributed by atoms with Crippen molar-refractivity contribution in [2.24, 2.45) is 0 Å². The maximum Gasteiger partial charge on any atom is 0.264 e. The molecule has 0 saturated carbocycles. The summed E-state index contributed by atoms with van der Waals surface area (Å²) < 4.78 is 8.35. The van der Waals surface area contributed by atoms with Crippen molar-refractivity contribution in [2.75, 3.05) is 7.11 Å². The summed E-state index contributed by atoms with van der Waals surface area (Å²) in [6, 6.07) is 12.5. The number of rotatable bonds is 3. The highest BCUT2D eigenvalue weighted by atomic mass is 16.5. The van der Waals surface area contributed by atoms with Crippen molar-refractivity contribution in [3.05, 3.63) is 75.6 Å². The Morgan fingerprint density at radius 2 is 1.69 bits per heavy atom. The van der Waals surface area contributed by atoms with Gasteiger partial charge < -0.3 is 9.30 Å². The number of fused-ring (bicyclic) bond motifs is 2. The Hall–Kier alpha value is -3.41. The number of hydrogen-bond donors (Lipinski definition) is 0. The van der Waals surface area contributed by atoms with Gasteiger partial charge in [0.05, 0.1) is 34.6 Å². The molecule has 0 aliphatic rings. The lowest BCUT2D eigenvalue weighted by molar-refractivity contribution is 0.414. The van der Waals surface area contributed by atoms with Gasteiger partial charge in [0.25, 0.3) is 11.1 Å². The van der Waals surface area contributed by atoms with Gasteiger partial charge in [0.2, 0.25) is 0 Å². The lowest BCUT2D eigenvalue weighted by Gasteiger charge is -2.10. The number of nitrogens with zero attached hydrogens (tertiary/aromatic N) is 3. The Morgan fingerprint density at radius 1 is 0.962 bits per heavy atom. The predicted molar refractivity (Wildman–Crippen MR) is 101 cm³/mol. The fourth-order valence-electron chi connectivity index (χ4n) is 3.08. The average molecular weight is 347 g/mol. The predicted octanol–water partition coefficient (Wildman–Crippen LogP) is 2.73. The molecule has 0 N–H and O–H groups in total. The third-order valence-electron chi connectivity index (χ3n) is 4.49. The fourth-order valence-corrected chi connectivity index (χ4v) is 3.08. The van der Waals surface area contributed by atoms with Crippen molar-refractivity contribution in [2.45, 2.75) is 13.5 Å². The first-order valence-corrected chi connectivity index (χ1v) is 8.32. The van der Waals surface area contributed by atoms with Crippen molar-refractivity contribution in [3.8, 4) is 11.4 Å². The zero-order valence-corrected chi connectivity index (χ0v) is 14.5. The molecule has 0 radical (unpaired) electrons. The highest BCUT2D eigenvalue weighted by Gasteiger charge is 2.10. The van der Waals surface area contributed by atoms with Gasteiger partial charge in [-0.3, -0.25) is 14.2 Å². The van der Waals surface area contributed by atoms with Gasteiger partial charge in [0, 0.05) is 25.0 Å². The number of pyridine rings is 3. The summed E-state index contributed by atoms with van der Waals surface area (Å²) in [6.45, 7) is 2.47. The van der Waals surface area contributed by atoms with Crippen molar-refractivity contribution < 1.29 is 4.74 Å². The molecular weight excluding hydrogens is 330 g/mol. The molecule has 0 fully saturated rings. The third kappa shape index (κ3) is 2.47. The van der Waals surface area contributed by atoms with E-state index in [-0.39, 0.29) is 11.1 Å². The summed E-state index contributed by atoms with van der Waals surface area (Å²) in [5.74, 6) is 0.664. The Balaban J connectivity index is 2.02. The molecule has 3 heterocycles. The van der Waals surface area contributed by atoms with Crippen LogP contribution in [0.15, 0.2) is 64.4 Å². The topological polar surface area (TPSA) is 66.1 Å². The number of ether oxygens (including phenoxy) is 1. The monoisotopic (exact) mass is 347 g/mol. The van der Waals surface area contributed by atoms with Crippen LogP contribution in [0.4, 0.5) is 0 Å². The molecule has 4 rings (SSSR count). The van der Waals surface area contributed by atoms with Crippen LogP contribution in [0, 0.1) is 0 Å². The van der Waals surface area contributed by atoms with Crippen LogP contribution in [-0.4, -0.2) is 21.2 Å². The van der Waals surface area contributed by atoms with Crippen LogP contribution in [0.2, 0.25) is 0 Å². The molecule has 0 atom stereocenters. The van der Waals surface area contributed by atoms with E-state index in [9.17, 15) is 9.59 Å². The maximum atomic E-state index is 13.0. The summed E-state index contributed by atoms with van der Waals surface area (Å²) in [5, 5.41) is 0.858. The summed E-state index contributed by atoms with van der Waals surface area (Å²) >= 11 is 0. The highest BCUT2D eigenvalue weighted by molar-refractivity contribution is 5.91. The van der Waals surface area contributed by atoms with Gasteiger partial charge in [0.1, 0.15) is 5.75 Å². The molecule has 0 amide bonds. The first kappa shape index (κ1) is 16.1. The number of hydrogen-bond acceptors (Lipinski definition) is 4. The van der Waals surface area contributed by atoms with E-state index in [2.05, 4.69) is 4.98 Å². The van der Waals surface area contributed by atoms with E-state index in [0.717, 1.165) is 0 Å². The largest absolute Gasteiger partial charge is 0.497 e. The van der Waals surface area contributed by atoms with Gasteiger partial charge >= 0.3 is 0 Å². The van der Waals surface area contributed by atoms with Crippen LogP contribution >= 0.6 is 0 Å². The summed E-state index contributed by atoms with van der Waals surface area (Å²) in [5.41, 5.74) is 1.48. The number of benzene rings is 1. The van der Waals surface area contributed by atoms with E-state index in [0.29, 0.717) is 39.8 Å². The molecule has 0 bridgehead atoms. The van der Waals surface area contributed by atoms with Crippen LogP contribution in [0.5, 0.6) is 5.75 Å². The lowest BCUT2D eigenvalue weighted by atomic mass is 10.2. The van der Waals surface area contributed by atoms with E-state index in [1.54, 1.807) is 48.3 Å². The van der Waals surface area contributed by atoms with Crippen LogP contribution < -0.4 is 15.9 Å². The summed E-state index contributed by atoms with van der Waals surface area (Å²) in [7, 11) is 1.58. The van der Waals surface area contributed by atoms with Crippen LogP contribution in [-0.2, 0) is 6.54 Å². The number of aryl methyl sites for hydroxylation is 1. The third-order valence-corrected chi connectivity index (χ3v) is 4.49. The SMILES string of the molecule is CCn1ccc2nc3ccn(-c4cccc(OC)c4)c(=O)c3cc2c1=O. The van der Waals surface area contributed by atoms with Gasteiger partial charge in [-0.25, -0.2) is 4.98 Å². The Morgan fingerprint density at radius 3 is 2.42 bits per heavy atom. The molecule has 3 aromatic heterocycles. The Kier molecular flexibility index (Phi) is 3.80. The van der Waals surface area contributed by atoms with E-state index in [1.807, 2.05) is 25.1 Å². The Bertz CT molecular complexity index is 1250. The highest BCUT2D eigenvalue weighted by Crippen LogP contribution is 2.18.